The number of rotatable bonds is 6. The van der Waals surface area contributed by atoms with Gasteiger partial charge in [-0.05, 0) is 49.3 Å². The Labute approximate surface area is 121 Å². The van der Waals surface area contributed by atoms with Crippen LogP contribution >= 0.6 is 0 Å². The molecule has 20 heavy (non-hydrogen) atoms. The molecule has 1 aromatic rings. The number of aryl methyl sites for hydroxylation is 1. The maximum absolute atomic E-state index is 12.0. The van der Waals surface area contributed by atoms with Crippen molar-refractivity contribution < 1.29 is 8.42 Å². The first-order valence-corrected chi connectivity index (χ1v) is 8.82. The molecule has 1 aromatic heterocycles. The maximum Gasteiger partial charge on any atom is 0.211 e. The number of nitrogens with one attached hydrogen (secondary N) is 1. The second-order valence-electron chi connectivity index (χ2n) is 5.57. The Morgan fingerprint density at radius 1 is 1.30 bits per heavy atom. The molecule has 0 bridgehead atoms. The van der Waals surface area contributed by atoms with Crippen LogP contribution in [0.15, 0.2) is 24.5 Å². The minimum atomic E-state index is -3.21. The van der Waals surface area contributed by atoms with E-state index in [4.69, 9.17) is 5.73 Å². The third-order valence-electron chi connectivity index (χ3n) is 3.82. The summed E-state index contributed by atoms with van der Waals surface area (Å²) in [5.74, 6) is 0.505. The van der Waals surface area contributed by atoms with E-state index in [-0.39, 0.29) is 11.8 Å². The van der Waals surface area contributed by atoms with Crippen molar-refractivity contribution >= 4 is 10.0 Å². The molecule has 1 heterocycles. The molecule has 0 spiro atoms. The number of pyridine rings is 1. The van der Waals surface area contributed by atoms with E-state index >= 15 is 0 Å². The van der Waals surface area contributed by atoms with Crippen LogP contribution in [0.3, 0.4) is 0 Å². The lowest BCUT2D eigenvalue weighted by Gasteiger charge is -2.26. The molecule has 0 amide bonds. The summed E-state index contributed by atoms with van der Waals surface area (Å²) in [6, 6.07) is 3.92. The Hall–Kier alpha value is -0.980. The lowest BCUT2D eigenvalue weighted by atomic mass is 9.86. The van der Waals surface area contributed by atoms with E-state index < -0.39 is 10.0 Å². The van der Waals surface area contributed by atoms with Crippen LogP contribution in [-0.4, -0.2) is 31.7 Å². The monoisotopic (exact) mass is 297 g/mol. The van der Waals surface area contributed by atoms with E-state index in [1.165, 1.54) is 0 Å². The Bertz CT molecular complexity index is 504. The predicted octanol–water partition coefficient (Wildman–Crippen LogP) is 1.06. The van der Waals surface area contributed by atoms with E-state index in [0.29, 0.717) is 18.9 Å². The van der Waals surface area contributed by atoms with Crippen molar-refractivity contribution in [3.05, 3.63) is 30.1 Å². The van der Waals surface area contributed by atoms with Gasteiger partial charge in [-0.15, -0.1) is 0 Å². The van der Waals surface area contributed by atoms with Crippen molar-refractivity contribution in [3.8, 4) is 0 Å². The third-order valence-corrected chi connectivity index (χ3v) is 5.17. The molecule has 0 radical (unpaired) electrons. The van der Waals surface area contributed by atoms with Gasteiger partial charge in [-0.3, -0.25) is 4.98 Å². The molecule has 5 nitrogen and oxygen atoms in total. The van der Waals surface area contributed by atoms with E-state index in [9.17, 15) is 8.42 Å². The van der Waals surface area contributed by atoms with Crippen LogP contribution in [0.5, 0.6) is 0 Å². The molecule has 0 saturated heterocycles. The molecule has 1 aliphatic carbocycles. The van der Waals surface area contributed by atoms with Crippen LogP contribution in [0.1, 0.15) is 31.2 Å². The predicted molar refractivity (Wildman–Crippen MR) is 79.7 cm³/mol. The van der Waals surface area contributed by atoms with Gasteiger partial charge in [0.15, 0.2) is 0 Å². The largest absolute Gasteiger partial charge is 0.328 e. The lowest BCUT2D eigenvalue weighted by Crippen LogP contribution is -2.36. The van der Waals surface area contributed by atoms with Gasteiger partial charge < -0.3 is 5.73 Å². The summed E-state index contributed by atoms with van der Waals surface area (Å²) in [6.45, 7) is 0.520. The number of hydrogen-bond acceptors (Lipinski definition) is 4. The molecule has 112 valence electrons. The van der Waals surface area contributed by atoms with Gasteiger partial charge >= 0.3 is 0 Å². The summed E-state index contributed by atoms with van der Waals surface area (Å²) >= 11 is 0. The number of hydrogen-bond donors (Lipinski definition) is 2. The minimum absolute atomic E-state index is 0.121. The number of nitrogens with two attached hydrogens (primary N) is 1. The summed E-state index contributed by atoms with van der Waals surface area (Å²) < 4.78 is 26.7. The van der Waals surface area contributed by atoms with Crippen LogP contribution < -0.4 is 10.5 Å². The van der Waals surface area contributed by atoms with Gasteiger partial charge in [0.2, 0.25) is 10.0 Å². The second kappa shape index (κ2) is 7.15. The fraction of sp³-hybridized carbons (Fsp3) is 0.643. The summed E-state index contributed by atoms with van der Waals surface area (Å²) in [5, 5.41) is 0. The summed E-state index contributed by atoms with van der Waals surface area (Å²) in [6.07, 6.45) is 8.03. The zero-order valence-corrected chi connectivity index (χ0v) is 12.5. The van der Waals surface area contributed by atoms with Crippen molar-refractivity contribution in [1.82, 2.24) is 9.71 Å². The van der Waals surface area contributed by atoms with Gasteiger partial charge in [-0.2, -0.15) is 0 Å². The average Bonchev–Trinajstić information content (AvgIpc) is 2.45. The van der Waals surface area contributed by atoms with E-state index in [2.05, 4.69) is 9.71 Å². The highest BCUT2D eigenvalue weighted by Gasteiger charge is 2.21. The normalized spacial score (nSPS) is 23.6. The molecule has 1 saturated carbocycles. The number of aromatic nitrogens is 1. The maximum atomic E-state index is 12.0. The summed E-state index contributed by atoms with van der Waals surface area (Å²) in [5.41, 5.74) is 6.91. The highest BCUT2D eigenvalue weighted by Crippen LogP contribution is 2.22. The molecule has 0 aliphatic heterocycles. The van der Waals surface area contributed by atoms with E-state index in [1.54, 1.807) is 12.4 Å². The number of nitrogens with zero attached hydrogens (tertiary/aromatic N) is 1. The molecule has 0 aromatic carbocycles. The summed E-state index contributed by atoms with van der Waals surface area (Å²) in [4.78, 5) is 3.92. The zero-order valence-electron chi connectivity index (χ0n) is 11.7. The van der Waals surface area contributed by atoms with Crippen molar-refractivity contribution in [2.45, 2.75) is 38.1 Å². The van der Waals surface area contributed by atoms with Gasteiger partial charge in [0, 0.05) is 25.0 Å². The van der Waals surface area contributed by atoms with Crippen LogP contribution in [-0.2, 0) is 16.4 Å². The van der Waals surface area contributed by atoms with Crippen molar-refractivity contribution in [2.75, 3.05) is 12.3 Å². The first kappa shape index (κ1) is 15.4. The Morgan fingerprint density at radius 2 is 2.05 bits per heavy atom. The highest BCUT2D eigenvalue weighted by atomic mass is 32.2. The molecule has 1 fully saturated rings. The van der Waals surface area contributed by atoms with Crippen LogP contribution in [0.4, 0.5) is 0 Å². The smallest absolute Gasteiger partial charge is 0.211 e. The molecule has 3 N–H and O–H groups in total. The molecule has 2 rings (SSSR count). The fourth-order valence-corrected chi connectivity index (χ4v) is 3.78. The third kappa shape index (κ3) is 5.19. The topological polar surface area (TPSA) is 85.1 Å². The SMILES string of the molecule is NC1CCCC(CNS(=O)(=O)CCc2ccncc2)C1. The first-order valence-electron chi connectivity index (χ1n) is 7.17. The highest BCUT2D eigenvalue weighted by molar-refractivity contribution is 7.89. The molecule has 6 heteroatoms. The molecular formula is C14H23N3O2S. The van der Waals surface area contributed by atoms with Crippen molar-refractivity contribution in [3.63, 3.8) is 0 Å². The average molecular weight is 297 g/mol. The van der Waals surface area contributed by atoms with Crippen LogP contribution in [0.25, 0.3) is 0 Å². The molecule has 2 atom stereocenters. The standard InChI is InChI=1S/C14H23N3O2S/c15-14-3-1-2-13(10-14)11-17-20(18,19)9-6-12-4-7-16-8-5-12/h4-5,7-8,13-14,17H,1-3,6,9-11,15H2. The van der Waals surface area contributed by atoms with Gasteiger partial charge in [0.25, 0.3) is 0 Å². The molecule has 2 unspecified atom stereocenters. The minimum Gasteiger partial charge on any atom is -0.328 e. The Balaban J connectivity index is 1.76. The van der Waals surface area contributed by atoms with Gasteiger partial charge in [0.1, 0.15) is 0 Å². The van der Waals surface area contributed by atoms with Crippen LogP contribution in [0, 0.1) is 5.92 Å². The quantitative estimate of drug-likeness (QED) is 0.822. The van der Waals surface area contributed by atoms with E-state index in [0.717, 1.165) is 31.2 Å². The van der Waals surface area contributed by atoms with Crippen molar-refractivity contribution in [2.24, 2.45) is 11.7 Å². The van der Waals surface area contributed by atoms with Crippen molar-refractivity contribution in [1.29, 1.82) is 0 Å². The summed E-state index contributed by atoms with van der Waals surface area (Å²) in [7, 11) is -3.21. The van der Waals surface area contributed by atoms with Gasteiger partial charge in [-0.25, -0.2) is 13.1 Å². The zero-order chi connectivity index (χ0) is 14.4. The lowest BCUT2D eigenvalue weighted by molar-refractivity contribution is 0.322. The first-order chi connectivity index (χ1) is 9.55. The van der Waals surface area contributed by atoms with Crippen LogP contribution in [0.2, 0.25) is 0 Å². The second-order valence-corrected chi connectivity index (χ2v) is 7.49. The fourth-order valence-electron chi connectivity index (χ4n) is 2.64. The Kier molecular flexibility index (Phi) is 5.51. The number of sulfonamides is 1. The van der Waals surface area contributed by atoms with Gasteiger partial charge in [0.05, 0.1) is 5.75 Å². The molecular weight excluding hydrogens is 274 g/mol. The Morgan fingerprint density at radius 3 is 2.75 bits per heavy atom. The van der Waals surface area contributed by atoms with Gasteiger partial charge in [-0.1, -0.05) is 6.42 Å². The molecule has 1 aliphatic rings. The van der Waals surface area contributed by atoms with E-state index in [1.807, 2.05) is 12.1 Å².